The van der Waals surface area contributed by atoms with Gasteiger partial charge in [0, 0.05) is 21.9 Å². The Hall–Kier alpha value is -1.17. The molecule has 2 rings (SSSR count). The van der Waals surface area contributed by atoms with E-state index in [2.05, 4.69) is 17.7 Å². The zero-order chi connectivity index (χ0) is 13.3. The molecule has 0 amide bonds. The number of nitrogens with zero attached hydrogens (tertiary/aromatic N) is 2. The molecular weight excluding hydrogens is 295 g/mol. The highest BCUT2D eigenvalue weighted by Crippen LogP contribution is 2.21. The molecule has 1 aromatic carbocycles. The number of hydrogen-bond donors (Lipinski definition) is 2. The Balaban J connectivity index is 2.67. The molecule has 0 saturated carbocycles. The molecule has 0 bridgehead atoms. The van der Waals surface area contributed by atoms with Crippen molar-refractivity contribution in [2.24, 2.45) is 0 Å². The van der Waals surface area contributed by atoms with Crippen LogP contribution in [0.1, 0.15) is 5.69 Å². The summed E-state index contributed by atoms with van der Waals surface area (Å²) < 4.78 is 1.11. The van der Waals surface area contributed by atoms with Gasteiger partial charge < -0.3 is 5.11 Å². The maximum Gasteiger partial charge on any atom is 0.275 e. The van der Waals surface area contributed by atoms with Crippen molar-refractivity contribution >= 4 is 35.8 Å². The molecule has 1 aromatic heterocycles. The minimum atomic E-state index is -0.476. The second-order valence-electron chi connectivity index (χ2n) is 3.51. The van der Waals surface area contributed by atoms with Crippen LogP contribution < -0.4 is 5.56 Å². The predicted molar refractivity (Wildman–Crippen MR) is 74.2 cm³/mol. The Kier molecular flexibility index (Phi) is 3.85. The van der Waals surface area contributed by atoms with E-state index >= 15 is 0 Å². The van der Waals surface area contributed by atoms with Crippen molar-refractivity contribution < 1.29 is 5.11 Å². The highest BCUT2D eigenvalue weighted by Gasteiger charge is 2.09. The zero-order valence-corrected chi connectivity index (χ0v) is 11.4. The summed E-state index contributed by atoms with van der Waals surface area (Å²) >= 11 is 15.8. The Morgan fingerprint density at radius 2 is 1.83 bits per heavy atom. The Morgan fingerprint density at radius 3 is 2.39 bits per heavy atom. The SMILES string of the molecule is O=c1cc(O)c(CS)nn1-c1cc(Cl)cc(Cl)c1. The Labute approximate surface area is 118 Å². The number of halogens is 2. The van der Waals surface area contributed by atoms with Gasteiger partial charge in [0.25, 0.3) is 5.56 Å². The van der Waals surface area contributed by atoms with E-state index in [1.807, 2.05) is 0 Å². The van der Waals surface area contributed by atoms with Gasteiger partial charge in [0.15, 0.2) is 0 Å². The topological polar surface area (TPSA) is 55.1 Å². The van der Waals surface area contributed by atoms with E-state index < -0.39 is 5.56 Å². The monoisotopic (exact) mass is 302 g/mol. The average molecular weight is 303 g/mol. The molecular formula is C11H8Cl2N2O2S. The first-order chi connectivity index (χ1) is 8.51. The summed E-state index contributed by atoms with van der Waals surface area (Å²) in [4.78, 5) is 11.8. The number of benzene rings is 1. The summed E-state index contributed by atoms with van der Waals surface area (Å²) in [6.45, 7) is 0. The fourth-order valence-corrected chi connectivity index (χ4v) is 2.18. The largest absolute Gasteiger partial charge is 0.506 e. The van der Waals surface area contributed by atoms with Crippen molar-refractivity contribution in [3.63, 3.8) is 0 Å². The van der Waals surface area contributed by atoms with Gasteiger partial charge in [-0.15, -0.1) is 0 Å². The van der Waals surface area contributed by atoms with E-state index in [1.54, 1.807) is 18.2 Å². The van der Waals surface area contributed by atoms with E-state index in [-0.39, 0.29) is 11.5 Å². The van der Waals surface area contributed by atoms with Gasteiger partial charge in [0.05, 0.1) is 5.69 Å². The molecule has 0 aliphatic heterocycles. The van der Waals surface area contributed by atoms with Crippen LogP contribution >= 0.6 is 35.8 Å². The minimum Gasteiger partial charge on any atom is -0.506 e. The van der Waals surface area contributed by atoms with Crippen molar-refractivity contribution in [3.8, 4) is 11.4 Å². The van der Waals surface area contributed by atoms with Crippen LogP contribution in [0, 0.1) is 0 Å². The molecule has 0 radical (unpaired) electrons. The maximum atomic E-state index is 11.8. The third-order valence-electron chi connectivity index (χ3n) is 2.23. The molecule has 0 fully saturated rings. The lowest BCUT2D eigenvalue weighted by atomic mass is 10.3. The van der Waals surface area contributed by atoms with Gasteiger partial charge in [0.2, 0.25) is 0 Å². The summed E-state index contributed by atoms with van der Waals surface area (Å²) in [5.74, 6) is 0.0276. The van der Waals surface area contributed by atoms with E-state index in [9.17, 15) is 9.90 Å². The fraction of sp³-hybridized carbons (Fsp3) is 0.0909. The second kappa shape index (κ2) is 5.22. The first-order valence-corrected chi connectivity index (χ1v) is 6.29. The maximum absolute atomic E-state index is 11.8. The third kappa shape index (κ3) is 2.63. The third-order valence-corrected chi connectivity index (χ3v) is 2.96. The van der Waals surface area contributed by atoms with Crippen LogP contribution in [-0.4, -0.2) is 14.9 Å². The van der Waals surface area contributed by atoms with Crippen LogP contribution in [0.4, 0.5) is 0 Å². The molecule has 94 valence electrons. The molecule has 18 heavy (non-hydrogen) atoms. The molecule has 0 aliphatic carbocycles. The molecule has 2 aromatic rings. The molecule has 4 nitrogen and oxygen atoms in total. The number of hydrogen-bond acceptors (Lipinski definition) is 4. The van der Waals surface area contributed by atoms with Crippen molar-refractivity contribution in [2.75, 3.05) is 0 Å². The Morgan fingerprint density at radius 1 is 1.22 bits per heavy atom. The highest BCUT2D eigenvalue weighted by atomic mass is 35.5. The lowest BCUT2D eigenvalue weighted by molar-refractivity contribution is 0.460. The van der Waals surface area contributed by atoms with Gasteiger partial charge in [-0.1, -0.05) is 23.2 Å². The summed E-state index contributed by atoms with van der Waals surface area (Å²) in [7, 11) is 0. The number of rotatable bonds is 2. The van der Waals surface area contributed by atoms with Crippen molar-refractivity contribution in [1.29, 1.82) is 0 Å². The lowest BCUT2D eigenvalue weighted by Crippen LogP contribution is -2.21. The molecule has 0 unspecified atom stereocenters. The summed E-state index contributed by atoms with van der Waals surface area (Å²) in [5.41, 5.74) is 0.255. The van der Waals surface area contributed by atoms with Crippen LogP contribution in [-0.2, 0) is 5.75 Å². The van der Waals surface area contributed by atoms with Gasteiger partial charge in [0.1, 0.15) is 11.4 Å². The van der Waals surface area contributed by atoms with Crippen molar-refractivity contribution in [2.45, 2.75) is 5.75 Å². The summed E-state index contributed by atoms with van der Waals surface area (Å²) in [5, 5.41) is 14.3. The standard InChI is InChI=1S/C11H8Cl2N2O2S/c12-6-1-7(13)3-8(2-6)15-11(17)4-10(16)9(5-18)14-15/h1-4,16,18H,5H2. The fourth-order valence-electron chi connectivity index (χ4n) is 1.44. The van der Waals surface area contributed by atoms with Gasteiger partial charge in [-0.2, -0.15) is 22.4 Å². The predicted octanol–water partition coefficient (Wildman–Crippen LogP) is 2.67. The van der Waals surface area contributed by atoms with Gasteiger partial charge in [-0.3, -0.25) is 4.79 Å². The van der Waals surface area contributed by atoms with Crippen LogP contribution in [0.25, 0.3) is 5.69 Å². The second-order valence-corrected chi connectivity index (χ2v) is 4.70. The molecule has 0 aliphatic rings. The van der Waals surface area contributed by atoms with Crippen LogP contribution in [0.15, 0.2) is 29.1 Å². The van der Waals surface area contributed by atoms with E-state index in [0.717, 1.165) is 10.7 Å². The average Bonchev–Trinajstić information content (AvgIpc) is 2.27. The normalized spacial score (nSPS) is 10.6. The van der Waals surface area contributed by atoms with Crippen LogP contribution in [0.2, 0.25) is 10.0 Å². The smallest absolute Gasteiger partial charge is 0.275 e. The molecule has 0 spiro atoms. The quantitative estimate of drug-likeness (QED) is 0.839. The summed E-state index contributed by atoms with van der Waals surface area (Å²) in [6, 6.07) is 5.74. The highest BCUT2D eigenvalue weighted by molar-refractivity contribution is 7.79. The number of aromatic hydroxyl groups is 1. The van der Waals surface area contributed by atoms with Crippen LogP contribution in [0.5, 0.6) is 5.75 Å². The van der Waals surface area contributed by atoms with Crippen molar-refractivity contribution in [3.05, 3.63) is 50.4 Å². The van der Waals surface area contributed by atoms with Gasteiger partial charge in [-0.25, -0.2) is 0 Å². The number of thiol groups is 1. The molecule has 0 saturated heterocycles. The minimum absolute atomic E-state index is 0.181. The van der Waals surface area contributed by atoms with E-state index in [1.165, 1.54) is 0 Å². The number of aromatic nitrogens is 2. The van der Waals surface area contributed by atoms with E-state index in [4.69, 9.17) is 23.2 Å². The van der Waals surface area contributed by atoms with Crippen molar-refractivity contribution in [1.82, 2.24) is 9.78 Å². The lowest BCUT2D eigenvalue weighted by Gasteiger charge is -2.08. The molecule has 0 atom stereocenters. The Bertz CT molecular complexity index is 638. The zero-order valence-electron chi connectivity index (χ0n) is 8.97. The van der Waals surface area contributed by atoms with Crippen LogP contribution in [0.3, 0.4) is 0 Å². The van der Waals surface area contributed by atoms with E-state index in [0.29, 0.717) is 21.4 Å². The summed E-state index contributed by atoms with van der Waals surface area (Å²) in [6.07, 6.45) is 0. The van der Waals surface area contributed by atoms with Gasteiger partial charge in [-0.05, 0) is 18.2 Å². The first-order valence-electron chi connectivity index (χ1n) is 4.91. The first kappa shape index (κ1) is 13.3. The molecule has 1 heterocycles. The van der Waals surface area contributed by atoms with Gasteiger partial charge >= 0.3 is 0 Å². The molecule has 7 heteroatoms. The molecule has 1 N–H and O–H groups in total.